The summed E-state index contributed by atoms with van der Waals surface area (Å²) in [5.41, 5.74) is 5.36. The highest BCUT2D eigenvalue weighted by Gasteiger charge is 2.27. The van der Waals surface area contributed by atoms with Crippen LogP contribution in [0.3, 0.4) is 0 Å². The average Bonchev–Trinajstić information content (AvgIpc) is 2.15. The number of aliphatic hydroxyl groups is 2. The molecule has 2 unspecified atom stereocenters. The SMILES string of the molecule is Nc1cc(Cl)cnc1C(O)C(O)C(=O)O. The molecule has 1 heterocycles. The molecule has 0 amide bonds. The van der Waals surface area contributed by atoms with Crippen LogP contribution in [0.4, 0.5) is 5.69 Å². The highest BCUT2D eigenvalue weighted by Crippen LogP contribution is 2.23. The van der Waals surface area contributed by atoms with E-state index in [0.29, 0.717) is 0 Å². The van der Waals surface area contributed by atoms with Crippen LogP contribution in [0.2, 0.25) is 5.02 Å². The third-order valence-electron chi connectivity index (χ3n) is 1.75. The zero-order valence-electron chi connectivity index (χ0n) is 7.46. The number of nitrogen functional groups attached to an aromatic ring is 1. The number of rotatable bonds is 3. The van der Waals surface area contributed by atoms with E-state index >= 15 is 0 Å². The Morgan fingerprint density at radius 3 is 2.60 bits per heavy atom. The summed E-state index contributed by atoms with van der Waals surface area (Å²) in [6.45, 7) is 0. The van der Waals surface area contributed by atoms with Crippen molar-refractivity contribution in [3.05, 3.63) is 23.0 Å². The van der Waals surface area contributed by atoms with E-state index in [1.807, 2.05) is 0 Å². The highest BCUT2D eigenvalue weighted by molar-refractivity contribution is 6.30. The summed E-state index contributed by atoms with van der Waals surface area (Å²) < 4.78 is 0. The first-order valence-corrected chi connectivity index (χ1v) is 4.31. The molecule has 15 heavy (non-hydrogen) atoms. The number of carboxylic acids is 1. The van der Waals surface area contributed by atoms with E-state index in [9.17, 15) is 9.90 Å². The maximum Gasteiger partial charge on any atom is 0.335 e. The van der Waals surface area contributed by atoms with Crippen molar-refractivity contribution >= 4 is 23.3 Å². The number of halogens is 1. The lowest BCUT2D eigenvalue weighted by atomic mass is 10.1. The van der Waals surface area contributed by atoms with Gasteiger partial charge in [0.25, 0.3) is 0 Å². The second-order valence-electron chi connectivity index (χ2n) is 2.86. The molecule has 5 N–H and O–H groups in total. The Balaban J connectivity index is 3.01. The van der Waals surface area contributed by atoms with Gasteiger partial charge in [-0.05, 0) is 6.07 Å². The molecule has 1 aromatic rings. The largest absolute Gasteiger partial charge is 0.479 e. The molecule has 0 aliphatic heterocycles. The van der Waals surface area contributed by atoms with Crippen molar-refractivity contribution in [2.75, 3.05) is 5.73 Å². The number of aliphatic hydroxyl groups excluding tert-OH is 2. The van der Waals surface area contributed by atoms with Crippen molar-refractivity contribution in [2.45, 2.75) is 12.2 Å². The topological polar surface area (TPSA) is 117 Å². The highest BCUT2D eigenvalue weighted by atomic mass is 35.5. The predicted molar refractivity (Wildman–Crippen MR) is 52.3 cm³/mol. The Kier molecular flexibility index (Phi) is 3.46. The van der Waals surface area contributed by atoms with Gasteiger partial charge in [0, 0.05) is 6.20 Å². The molecule has 0 aromatic carbocycles. The lowest BCUT2D eigenvalue weighted by molar-refractivity contribution is -0.153. The number of aliphatic carboxylic acids is 1. The first-order valence-electron chi connectivity index (χ1n) is 3.93. The fraction of sp³-hybridized carbons (Fsp3) is 0.250. The first-order chi connectivity index (χ1) is 6.93. The second-order valence-corrected chi connectivity index (χ2v) is 3.29. The molecule has 82 valence electrons. The van der Waals surface area contributed by atoms with Gasteiger partial charge in [0.05, 0.1) is 16.4 Å². The summed E-state index contributed by atoms with van der Waals surface area (Å²) in [5.74, 6) is -1.56. The van der Waals surface area contributed by atoms with E-state index in [4.69, 9.17) is 27.5 Å². The lowest BCUT2D eigenvalue weighted by Crippen LogP contribution is -2.28. The maximum absolute atomic E-state index is 10.4. The lowest BCUT2D eigenvalue weighted by Gasteiger charge is -2.14. The molecule has 1 rings (SSSR count). The molecule has 6 nitrogen and oxygen atoms in total. The van der Waals surface area contributed by atoms with Crippen molar-refractivity contribution in [1.29, 1.82) is 0 Å². The summed E-state index contributed by atoms with van der Waals surface area (Å²) in [6, 6.07) is 1.31. The fourth-order valence-electron chi connectivity index (χ4n) is 0.997. The quantitative estimate of drug-likeness (QED) is 0.573. The van der Waals surface area contributed by atoms with Crippen LogP contribution in [0.25, 0.3) is 0 Å². The van der Waals surface area contributed by atoms with E-state index in [-0.39, 0.29) is 16.4 Å². The Bertz CT molecular complexity index is 385. The van der Waals surface area contributed by atoms with E-state index in [0.717, 1.165) is 0 Å². The van der Waals surface area contributed by atoms with E-state index in [1.54, 1.807) is 0 Å². The van der Waals surface area contributed by atoms with E-state index in [2.05, 4.69) is 4.98 Å². The molecule has 1 aromatic heterocycles. The van der Waals surface area contributed by atoms with Crippen LogP contribution < -0.4 is 5.73 Å². The molecule has 0 saturated carbocycles. The minimum absolute atomic E-state index is 0.0234. The summed E-state index contributed by atoms with van der Waals surface area (Å²) in [7, 11) is 0. The van der Waals surface area contributed by atoms with Crippen LogP contribution in [-0.2, 0) is 4.79 Å². The van der Waals surface area contributed by atoms with Gasteiger partial charge in [-0.3, -0.25) is 4.98 Å². The third kappa shape index (κ3) is 2.56. The van der Waals surface area contributed by atoms with Crippen LogP contribution in [0.15, 0.2) is 12.3 Å². The number of hydrogen-bond donors (Lipinski definition) is 4. The van der Waals surface area contributed by atoms with Gasteiger partial charge in [-0.2, -0.15) is 0 Å². The summed E-state index contributed by atoms with van der Waals surface area (Å²) >= 11 is 5.56. The van der Waals surface area contributed by atoms with Crippen LogP contribution >= 0.6 is 11.6 Å². The summed E-state index contributed by atoms with van der Waals surface area (Å²) in [6.07, 6.45) is -2.45. The van der Waals surface area contributed by atoms with Gasteiger partial charge in [-0.25, -0.2) is 4.79 Å². The molecule has 0 fully saturated rings. The number of aromatic nitrogens is 1. The molecule has 0 spiro atoms. The van der Waals surface area contributed by atoms with Gasteiger partial charge in [0.15, 0.2) is 6.10 Å². The molecule has 0 bridgehead atoms. The average molecular weight is 233 g/mol. The maximum atomic E-state index is 10.4. The summed E-state index contributed by atoms with van der Waals surface area (Å²) in [5, 5.41) is 27.2. The smallest absolute Gasteiger partial charge is 0.335 e. The molecule has 7 heteroatoms. The van der Waals surface area contributed by atoms with Crippen molar-refractivity contribution in [3.8, 4) is 0 Å². The molecule has 0 aliphatic carbocycles. The standard InChI is InChI=1S/C8H9ClN2O4/c9-3-1-4(10)5(11-2-3)6(12)7(13)8(14)15/h1-2,6-7,12-13H,10H2,(H,14,15). The number of nitrogens with zero attached hydrogens (tertiary/aromatic N) is 1. The molecule has 2 atom stereocenters. The normalized spacial score (nSPS) is 14.6. The number of nitrogens with two attached hydrogens (primary N) is 1. The Morgan fingerprint density at radius 1 is 1.53 bits per heavy atom. The van der Waals surface area contributed by atoms with Gasteiger partial charge in [0.2, 0.25) is 0 Å². The molecular weight excluding hydrogens is 224 g/mol. The molecule has 0 aliphatic rings. The zero-order valence-corrected chi connectivity index (χ0v) is 8.22. The summed E-state index contributed by atoms with van der Waals surface area (Å²) in [4.78, 5) is 14.0. The van der Waals surface area contributed by atoms with Crippen molar-refractivity contribution in [1.82, 2.24) is 4.98 Å². The molecule has 0 saturated heterocycles. The van der Waals surface area contributed by atoms with Crippen LogP contribution in [-0.4, -0.2) is 32.4 Å². The Hall–Kier alpha value is -1.37. The number of carbonyl (C=O) groups is 1. The minimum Gasteiger partial charge on any atom is -0.479 e. The van der Waals surface area contributed by atoms with E-state index < -0.39 is 18.2 Å². The predicted octanol–water partition coefficient (Wildman–Crippen LogP) is -0.204. The number of carboxylic acid groups (broad SMARTS) is 1. The van der Waals surface area contributed by atoms with Gasteiger partial charge >= 0.3 is 5.97 Å². The molecular formula is C8H9ClN2O4. The zero-order chi connectivity index (χ0) is 11.6. The Labute approximate surface area is 89.9 Å². The van der Waals surface area contributed by atoms with Gasteiger partial charge in [-0.15, -0.1) is 0 Å². The van der Waals surface area contributed by atoms with Crippen molar-refractivity contribution in [2.24, 2.45) is 0 Å². The van der Waals surface area contributed by atoms with Crippen molar-refractivity contribution < 1.29 is 20.1 Å². The van der Waals surface area contributed by atoms with Gasteiger partial charge in [-0.1, -0.05) is 11.6 Å². The fourth-order valence-corrected chi connectivity index (χ4v) is 1.16. The minimum atomic E-state index is -1.97. The van der Waals surface area contributed by atoms with Crippen LogP contribution in [0.1, 0.15) is 11.8 Å². The number of anilines is 1. The van der Waals surface area contributed by atoms with Gasteiger partial charge < -0.3 is 21.1 Å². The number of pyridine rings is 1. The molecule has 0 radical (unpaired) electrons. The van der Waals surface area contributed by atoms with Gasteiger partial charge in [0.1, 0.15) is 6.10 Å². The number of hydrogen-bond acceptors (Lipinski definition) is 5. The Morgan fingerprint density at radius 2 is 2.13 bits per heavy atom. The van der Waals surface area contributed by atoms with Crippen LogP contribution in [0.5, 0.6) is 0 Å². The van der Waals surface area contributed by atoms with Crippen LogP contribution in [0, 0.1) is 0 Å². The van der Waals surface area contributed by atoms with Crippen molar-refractivity contribution in [3.63, 3.8) is 0 Å². The van der Waals surface area contributed by atoms with E-state index in [1.165, 1.54) is 12.3 Å². The third-order valence-corrected chi connectivity index (χ3v) is 1.96. The second kappa shape index (κ2) is 4.43. The first kappa shape index (κ1) is 11.7. The monoisotopic (exact) mass is 232 g/mol.